The van der Waals surface area contributed by atoms with Crippen LogP contribution in [0.5, 0.6) is 0 Å². The van der Waals surface area contributed by atoms with Crippen molar-refractivity contribution >= 4 is 13.2 Å². The molecular formula is C16H29N3O5P+. The molecule has 0 amide bonds. The molecular weight excluding hydrogens is 345 g/mol. The molecule has 0 bridgehead atoms. The number of hydrogen-bond acceptors (Lipinski definition) is 5. The molecule has 0 saturated carbocycles. The molecule has 2 rings (SSSR count). The third-order valence-corrected chi connectivity index (χ3v) is 5.82. The Morgan fingerprint density at radius 2 is 2.04 bits per heavy atom. The molecule has 25 heavy (non-hydrogen) atoms. The number of nitrogens with one attached hydrogen (secondary N) is 1. The van der Waals surface area contributed by atoms with E-state index in [-0.39, 0.29) is 0 Å². The van der Waals surface area contributed by atoms with E-state index in [0.717, 1.165) is 23.6 Å². The van der Waals surface area contributed by atoms with Gasteiger partial charge in [-0.3, -0.25) is 0 Å². The third kappa shape index (κ3) is 4.91. The van der Waals surface area contributed by atoms with E-state index >= 15 is 0 Å². The number of rotatable bonds is 7. The molecule has 0 spiro atoms. The number of aliphatic hydroxyl groups is 2. The highest BCUT2D eigenvalue weighted by Crippen LogP contribution is 2.39. The average molecular weight is 374 g/mol. The highest BCUT2D eigenvalue weighted by molar-refractivity contribution is 7.72. The van der Waals surface area contributed by atoms with Gasteiger partial charge in [0.05, 0.1) is 12.6 Å². The zero-order valence-electron chi connectivity index (χ0n) is 15.1. The predicted octanol–water partition coefficient (Wildman–Crippen LogP) is -0.657. The van der Waals surface area contributed by atoms with Crippen molar-refractivity contribution in [1.29, 1.82) is 0 Å². The maximum atomic E-state index is 12.1. The van der Waals surface area contributed by atoms with Crippen LogP contribution < -0.4 is 15.9 Å². The third-order valence-electron chi connectivity index (χ3n) is 4.36. The number of H-pyrrole nitrogens is 1. The Bertz CT molecular complexity index is 753. The van der Waals surface area contributed by atoms with Crippen LogP contribution >= 0.6 is 6.89 Å². The van der Waals surface area contributed by atoms with E-state index in [4.69, 9.17) is 4.74 Å². The first-order valence-electron chi connectivity index (χ1n) is 8.58. The summed E-state index contributed by atoms with van der Waals surface area (Å²) in [4.78, 5) is 26.3. The lowest BCUT2D eigenvalue weighted by atomic mass is 10.1. The minimum absolute atomic E-state index is 0.459. The second-order valence-electron chi connectivity index (χ2n) is 7.30. The number of hydrogen-bond donors (Lipinski definition) is 3. The van der Waals surface area contributed by atoms with E-state index < -0.39 is 42.8 Å². The molecule has 8 nitrogen and oxygen atoms in total. The lowest BCUT2D eigenvalue weighted by Gasteiger charge is -2.18. The van der Waals surface area contributed by atoms with Gasteiger partial charge in [0.25, 0.3) is 0 Å². The van der Waals surface area contributed by atoms with Crippen molar-refractivity contribution in [2.75, 3.05) is 19.5 Å². The first-order valence-corrected chi connectivity index (χ1v) is 11.6. The lowest BCUT2D eigenvalue weighted by Crippen LogP contribution is -2.57. The number of nitrogens with zero attached hydrogens (tertiary/aromatic N) is 2. The monoisotopic (exact) mass is 374 g/mol. The Balaban J connectivity index is 2.24. The smallest absolute Gasteiger partial charge is 0.387 e. The summed E-state index contributed by atoms with van der Waals surface area (Å²) in [5.41, 5.74) is -1.16. The first-order chi connectivity index (χ1) is 11.6. The number of aliphatic hydroxyl groups excluding tert-OH is 2. The normalized spacial score (nSPS) is 26.9. The molecule has 0 aliphatic carbocycles. The van der Waals surface area contributed by atoms with E-state index in [1.807, 2.05) is 6.92 Å². The topological polar surface area (TPSA) is 108 Å². The summed E-state index contributed by atoms with van der Waals surface area (Å²) in [6, 6.07) is 0. The Hall–Kier alpha value is -1.21. The largest absolute Gasteiger partial charge is 0.448 e. The number of aryl methyl sites for hydroxylation is 1. The van der Waals surface area contributed by atoms with Crippen molar-refractivity contribution in [3.63, 3.8) is 0 Å². The van der Waals surface area contributed by atoms with E-state index in [1.165, 1.54) is 10.9 Å². The minimum Gasteiger partial charge on any atom is -0.387 e. The van der Waals surface area contributed by atoms with Crippen molar-refractivity contribution in [2.24, 2.45) is 0 Å². The summed E-state index contributed by atoms with van der Waals surface area (Å²) < 4.78 is 8.29. The van der Waals surface area contributed by atoms with Crippen LogP contribution in [0.25, 0.3) is 0 Å². The van der Waals surface area contributed by atoms with Gasteiger partial charge in [0, 0.05) is 0 Å². The zero-order valence-corrected chi connectivity index (χ0v) is 16.0. The molecule has 9 heteroatoms. The van der Waals surface area contributed by atoms with Crippen LogP contribution in [-0.4, -0.2) is 63.9 Å². The number of unbranched alkanes of at least 4 members (excludes halogenated alkanes) is 1. The Labute approximate surface area is 147 Å². The van der Waals surface area contributed by atoms with Gasteiger partial charge in [0.2, 0.25) is 12.6 Å². The van der Waals surface area contributed by atoms with Gasteiger partial charge in [-0.1, -0.05) is 13.3 Å². The summed E-state index contributed by atoms with van der Waals surface area (Å²) >= 11 is 0. The van der Waals surface area contributed by atoms with Crippen molar-refractivity contribution in [1.82, 2.24) is 9.55 Å². The van der Waals surface area contributed by atoms with Gasteiger partial charge >= 0.3 is 11.4 Å². The number of ether oxygens (including phenoxy) is 1. The summed E-state index contributed by atoms with van der Waals surface area (Å²) in [5.74, 6) is 0. The van der Waals surface area contributed by atoms with Crippen LogP contribution in [0.2, 0.25) is 0 Å². The Morgan fingerprint density at radius 1 is 1.36 bits per heavy atom. The predicted molar refractivity (Wildman–Crippen MR) is 97.7 cm³/mol. The molecule has 3 N–H and O–H groups in total. The van der Waals surface area contributed by atoms with Gasteiger partial charge in [-0.05, 0) is 32.3 Å². The number of aromatic nitrogens is 3. The molecule has 1 fully saturated rings. The fourth-order valence-corrected chi connectivity index (χ4v) is 3.78. The molecule has 1 aromatic rings. The summed E-state index contributed by atoms with van der Waals surface area (Å²) in [6.45, 7) is 5.35. The van der Waals surface area contributed by atoms with Crippen molar-refractivity contribution < 1.29 is 19.5 Å². The lowest BCUT2D eigenvalue weighted by molar-refractivity contribution is -0.719. The van der Waals surface area contributed by atoms with Gasteiger partial charge in [-0.2, -0.15) is 9.55 Å². The molecule has 2 heterocycles. The van der Waals surface area contributed by atoms with Crippen LogP contribution in [0.4, 0.5) is 0 Å². The molecule has 1 aromatic heterocycles. The fourth-order valence-electron chi connectivity index (χ4n) is 2.83. The van der Waals surface area contributed by atoms with Gasteiger partial charge in [0.15, 0.2) is 0 Å². The fraction of sp³-hybridized carbons (Fsp3) is 0.750. The molecule has 0 unspecified atom stereocenters. The zero-order chi connectivity index (χ0) is 18.8. The summed E-state index contributed by atoms with van der Waals surface area (Å²) in [6.07, 6.45) is 4.64. The Kier molecular flexibility index (Phi) is 6.43. The van der Waals surface area contributed by atoms with Crippen LogP contribution in [-0.2, 0) is 11.3 Å². The molecule has 1 saturated heterocycles. The van der Waals surface area contributed by atoms with Crippen molar-refractivity contribution in [3.05, 3.63) is 27.3 Å². The second kappa shape index (κ2) is 7.99. The van der Waals surface area contributed by atoms with Gasteiger partial charge in [-0.25, -0.2) is 14.2 Å². The van der Waals surface area contributed by atoms with Crippen molar-refractivity contribution in [2.45, 2.75) is 57.3 Å². The Morgan fingerprint density at radius 3 is 2.64 bits per heavy atom. The number of aromatic amines is 1. The molecule has 1 aliphatic heterocycles. The van der Waals surface area contributed by atoms with Gasteiger partial charge in [0.1, 0.15) is 12.2 Å². The highest BCUT2D eigenvalue weighted by atomic mass is 31.2. The van der Waals surface area contributed by atoms with E-state index in [2.05, 4.69) is 24.6 Å². The second-order valence-corrected chi connectivity index (χ2v) is 11.6. The first kappa shape index (κ1) is 20.1. The quantitative estimate of drug-likeness (QED) is 0.434. The summed E-state index contributed by atoms with van der Waals surface area (Å²) in [7, 11) is 0. The van der Waals surface area contributed by atoms with E-state index in [1.54, 1.807) is 0 Å². The molecule has 0 radical (unpaired) electrons. The van der Waals surface area contributed by atoms with E-state index in [9.17, 15) is 19.8 Å². The average Bonchev–Trinajstić information content (AvgIpc) is 2.80. The molecule has 0 aromatic carbocycles. The maximum Gasteiger partial charge on any atom is 0.448 e. The summed E-state index contributed by atoms with van der Waals surface area (Å²) in [5, 5.41) is 20.6. The highest BCUT2D eigenvalue weighted by Gasteiger charge is 2.46. The minimum atomic E-state index is -1.29. The van der Waals surface area contributed by atoms with Crippen molar-refractivity contribution in [3.8, 4) is 0 Å². The standard InChI is InChI=1S/C16H28N3O5P/c1-5-6-8-18-10-19(16(23)17-15(18)22)14-13(21)12(20)11(24-14)7-9-25(2,3)4/h10-14,20-21H,2,5-9H2,1,3-4H3/p+1/t11-,12-,13-,14-/m1/s1. The van der Waals surface area contributed by atoms with Crippen LogP contribution in [0.15, 0.2) is 15.9 Å². The molecule has 1 aliphatic rings. The van der Waals surface area contributed by atoms with Crippen LogP contribution in [0, 0.1) is 0 Å². The van der Waals surface area contributed by atoms with E-state index in [0.29, 0.717) is 13.0 Å². The van der Waals surface area contributed by atoms with Crippen LogP contribution in [0.3, 0.4) is 0 Å². The van der Waals surface area contributed by atoms with Gasteiger partial charge < -0.3 is 14.9 Å². The molecule has 4 atom stereocenters. The van der Waals surface area contributed by atoms with Crippen LogP contribution in [0.1, 0.15) is 32.4 Å². The van der Waals surface area contributed by atoms with Gasteiger partial charge in [-0.15, -0.1) is 13.2 Å². The SMILES string of the molecule is C=P(C)(C)CC[C@H]1O[C@@H](n2c[n+](CCCC)c(=O)[nH]c2=O)[C@H](O)[C@@H]1O. The molecule has 142 valence electrons. The maximum absolute atomic E-state index is 12.1.